The molecule has 0 saturated carbocycles. The van der Waals surface area contributed by atoms with Gasteiger partial charge in [-0.15, -0.1) is 0 Å². The minimum absolute atomic E-state index is 0.563. The summed E-state index contributed by atoms with van der Waals surface area (Å²) >= 11 is 0. The van der Waals surface area contributed by atoms with E-state index < -0.39 is 14.3 Å². The van der Waals surface area contributed by atoms with Crippen molar-refractivity contribution in [2.75, 3.05) is 38.9 Å². The molecule has 0 saturated heterocycles. The van der Waals surface area contributed by atoms with Crippen LogP contribution in [0.5, 0.6) is 11.5 Å². The van der Waals surface area contributed by atoms with Crippen LogP contribution >= 0.6 is 14.3 Å². The van der Waals surface area contributed by atoms with Crippen molar-refractivity contribution in [2.24, 2.45) is 0 Å². The van der Waals surface area contributed by atoms with Crippen molar-refractivity contribution in [1.82, 2.24) is 0 Å². The van der Waals surface area contributed by atoms with Crippen molar-refractivity contribution in [3.63, 3.8) is 0 Å². The molecule has 0 bridgehead atoms. The second-order valence-corrected chi connectivity index (χ2v) is 13.8. The minimum Gasteiger partial charge on any atom is -0.496 e. The molecule has 2 aromatic rings. The maximum absolute atomic E-state index is 13.7. The van der Waals surface area contributed by atoms with E-state index in [-0.39, 0.29) is 0 Å². The first-order valence-electron chi connectivity index (χ1n) is 9.87. The van der Waals surface area contributed by atoms with Gasteiger partial charge in [0.1, 0.15) is 25.8 Å². The summed E-state index contributed by atoms with van der Waals surface area (Å²) in [4.78, 5) is 0. The number of rotatable bonds is 9. The lowest BCUT2D eigenvalue weighted by Gasteiger charge is -2.26. The van der Waals surface area contributed by atoms with Gasteiger partial charge in [-0.25, -0.2) is 0 Å². The molecule has 0 spiro atoms. The molecule has 0 aliphatic rings. The topological polar surface area (TPSA) is 52.6 Å². The third-order valence-electron chi connectivity index (χ3n) is 5.62. The van der Waals surface area contributed by atoms with Crippen LogP contribution in [0.2, 0.25) is 0 Å². The van der Waals surface area contributed by atoms with Crippen molar-refractivity contribution < 1.29 is 18.6 Å². The highest BCUT2D eigenvalue weighted by molar-refractivity contribution is 7.72. The lowest BCUT2D eigenvalue weighted by atomic mass is 10.0. The van der Waals surface area contributed by atoms with Crippen LogP contribution in [0.25, 0.3) is 11.1 Å². The summed E-state index contributed by atoms with van der Waals surface area (Å²) in [6.45, 7) is 7.83. The highest BCUT2D eigenvalue weighted by Crippen LogP contribution is 2.53. The number of hydrogen-bond donors (Lipinski definition) is 0. The number of ether oxygens (including phenoxy) is 2. The van der Waals surface area contributed by atoms with Crippen LogP contribution in [0.3, 0.4) is 0 Å². The van der Waals surface area contributed by atoms with E-state index in [2.05, 4.69) is 0 Å². The second-order valence-electron chi connectivity index (χ2n) is 6.75. The van der Waals surface area contributed by atoms with Crippen LogP contribution < -0.4 is 20.1 Å². The SMILES string of the molecule is CCP(=O)(CC)c1cccc(OC)c1-c1c(OC)cccc1P(=O)(CC)CC. The zero-order valence-corrected chi connectivity index (χ0v) is 19.6. The summed E-state index contributed by atoms with van der Waals surface area (Å²) in [6.07, 6.45) is 2.25. The van der Waals surface area contributed by atoms with Gasteiger partial charge >= 0.3 is 0 Å². The third kappa shape index (κ3) is 3.95. The largest absolute Gasteiger partial charge is 0.496 e. The predicted molar refractivity (Wildman–Crippen MR) is 122 cm³/mol. The molecule has 0 aromatic heterocycles. The average Bonchev–Trinajstić information content (AvgIpc) is 2.76. The summed E-state index contributed by atoms with van der Waals surface area (Å²) in [7, 11) is -2.02. The maximum Gasteiger partial charge on any atom is 0.127 e. The summed E-state index contributed by atoms with van der Waals surface area (Å²) in [5.74, 6) is 1.26. The molecule has 0 unspecified atom stereocenters. The Morgan fingerprint density at radius 3 is 1.21 bits per heavy atom. The molecule has 0 N–H and O–H groups in total. The number of benzene rings is 2. The lowest BCUT2D eigenvalue weighted by Crippen LogP contribution is -2.19. The predicted octanol–water partition coefficient (Wildman–Crippen LogP) is 5.43. The fourth-order valence-corrected chi connectivity index (χ4v) is 7.92. The van der Waals surface area contributed by atoms with E-state index in [4.69, 9.17) is 9.47 Å². The molecular formula is C22H32O4P2. The fraction of sp³-hybridized carbons (Fsp3) is 0.455. The van der Waals surface area contributed by atoms with Gasteiger partial charge in [-0.05, 0) is 12.1 Å². The van der Waals surface area contributed by atoms with Crippen LogP contribution in [0.4, 0.5) is 0 Å². The first-order chi connectivity index (χ1) is 13.4. The van der Waals surface area contributed by atoms with E-state index >= 15 is 0 Å². The molecule has 6 heteroatoms. The first kappa shape index (κ1) is 22.8. The van der Waals surface area contributed by atoms with Crippen molar-refractivity contribution in [3.05, 3.63) is 36.4 Å². The molecule has 0 aliphatic heterocycles. The van der Waals surface area contributed by atoms with E-state index in [1.54, 1.807) is 14.2 Å². The quantitative estimate of drug-likeness (QED) is 0.506. The van der Waals surface area contributed by atoms with E-state index in [0.717, 1.165) is 21.7 Å². The summed E-state index contributed by atoms with van der Waals surface area (Å²) in [6, 6.07) is 11.3. The van der Waals surface area contributed by atoms with Gasteiger partial charge in [-0.1, -0.05) is 52.0 Å². The monoisotopic (exact) mass is 422 g/mol. The summed E-state index contributed by atoms with van der Waals surface area (Å²) in [5.41, 5.74) is 1.51. The Kier molecular flexibility index (Phi) is 7.59. The molecule has 0 fully saturated rings. The van der Waals surface area contributed by atoms with Gasteiger partial charge in [0.15, 0.2) is 0 Å². The molecular weight excluding hydrogens is 390 g/mol. The molecule has 0 atom stereocenters. The molecule has 0 aliphatic carbocycles. The Bertz CT molecular complexity index is 829. The van der Waals surface area contributed by atoms with Crippen molar-refractivity contribution in [1.29, 1.82) is 0 Å². The van der Waals surface area contributed by atoms with Gasteiger partial charge in [0, 0.05) is 46.4 Å². The van der Waals surface area contributed by atoms with Crippen molar-refractivity contribution in [2.45, 2.75) is 27.7 Å². The average molecular weight is 422 g/mol. The molecule has 0 amide bonds. The highest BCUT2D eigenvalue weighted by Gasteiger charge is 2.32. The van der Waals surface area contributed by atoms with Crippen molar-refractivity contribution >= 4 is 24.9 Å². The maximum atomic E-state index is 13.7. The summed E-state index contributed by atoms with van der Waals surface area (Å²) in [5, 5.41) is 1.56. The lowest BCUT2D eigenvalue weighted by molar-refractivity contribution is 0.410. The molecule has 154 valence electrons. The number of hydrogen-bond acceptors (Lipinski definition) is 4. The molecule has 28 heavy (non-hydrogen) atoms. The van der Waals surface area contributed by atoms with E-state index in [0.29, 0.717) is 36.1 Å². The van der Waals surface area contributed by atoms with E-state index in [9.17, 15) is 9.13 Å². The Morgan fingerprint density at radius 1 is 0.643 bits per heavy atom. The van der Waals surface area contributed by atoms with Gasteiger partial charge in [0.2, 0.25) is 0 Å². The van der Waals surface area contributed by atoms with Gasteiger partial charge in [-0.3, -0.25) is 0 Å². The van der Waals surface area contributed by atoms with Gasteiger partial charge in [-0.2, -0.15) is 0 Å². The van der Waals surface area contributed by atoms with E-state index in [1.165, 1.54) is 0 Å². The Morgan fingerprint density at radius 2 is 0.964 bits per heavy atom. The minimum atomic E-state index is -2.62. The molecule has 0 radical (unpaired) electrons. The van der Waals surface area contributed by atoms with Crippen LogP contribution in [0.1, 0.15) is 27.7 Å². The molecule has 4 nitrogen and oxygen atoms in total. The molecule has 2 aromatic carbocycles. The van der Waals surface area contributed by atoms with Crippen LogP contribution in [0.15, 0.2) is 36.4 Å². The Labute approximate surface area is 169 Å². The van der Waals surface area contributed by atoms with Gasteiger partial charge < -0.3 is 18.6 Å². The Hall–Kier alpha value is -1.50. The normalized spacial score (nSPS) is 12.1. The standard InChI is InChI=1S/C22H32O4P2/c1-7-27(23,8-2)19-15-11-13-17(25-5)21(19)22-18(26-6)14-12-16-20(22)28(24,9-3)10-4/h11-16H,7-10H2,1-6H3. The third-order valence-corrected chi connectivity index (χ3v) is 12.2. The van der Waals surface area contributed by atoms with Crippen LogP contribution in [-0.2, 0) is 9.13 Å². The number of methoxy groups -OCH3 is 2. The second kappa shape index (κ2) is 9.33. The van der Waals surface area contributed by atoms with Crippen molar-refractivity contribution in [3.8, 4) is 22.6 Å². The highest BCUT2D eigenvalue weighted by atomic mass is 31.2. The van der Waals surface area contributed by atoms with Crippen LogP contribution in [0, 0.1) is 0 Å². The molecule has 0 heterocycles. The first-order valence-corrected chi connectivity index (χ1v) is 14.0. The van der Waals surface area contributed by atoms with Crippen LogP contribution in [-0.4, -0.2) is 38.9 Å². The Balaban J connectivity index is 3.04. The zero-order chi connectivity index (χ0) is 20.9. The van der Waals surface area contributed by atoms with Gasteiger partial charge in [0.05, 0.1) is 14.2 Å². The van der Waals surface area contributed by atoms with E-state index in [1.807, 2.05) is 64.1 Å². The smallest absolute Gasteiger partial charge is 0.127 e. The summed E-state index contributed by atoms with van der Waals surface area (Å²) < 4.78 is 38.9. The molecule has 2 rings (SSSR count). The fourth-order valence-electron chi connectivity index (χ4n) is 3.69. The van der Waals surface area contributed by atoms with Gasteiger partial charge in [0.25, 0.3) is 0 Å². The zero-order valence-electron chi connectivity index (χ0n) is 17.8.